The van der Waals surface area contributed by atoms with E-state index in [1.54, 1.807) is 50.6 Å². The van der Waals surface area contributed by atoms with Gasteiger partial charge in [-0.3, -0.25) is 0 Å². The van der Waals surface area contributed by atoms with E-state index in [9.17, 15) is 25.6 Å². The Labute approximate surface area is 451 Å². The molecule has 0 fully saturated rings. The fourth-order valence-corrected chi connectivity index (χ4v) is 22.9. The van der Waals surface area contributed by atoms with Crippen LogP contribution in [0, 0.1) is 11.6 Å². The predicted molar refractivity (Wildman–Crippen MR) is 299 cm³/mol. The van der Waals surface area contributed by atoms with Crippen molar-refractivity contribution in [3.8, 4) is 45.3 Å². The Morgan fingerprint density at radius 2 is 0.789 bits per heavy atom. The molecule has 0 N–H and O–H groups in total. The van der Waals surface area contributed by atoms with E-state index in [1.807, 2.05) is 9.13 Å². The summed E-state index contributed by atoms with van der Waals surface area (Å²) in [6.07, 6.45) is 5.99. The summed E-state index contributed by atoms with van der Waals surface area (Å²) in [6, 6.07) is 15.3. The van der Waals surface area contributed by atoms with Gasteiger partial charge in [0.1, 0.15) is 36.7 Å². The van der Waals surface area contributed by atoms with Crippen molar-refractivity contribution in [2.45, 2.75) is 153 Å². The molecule has 0 radical (unpaired) electrons. The van der Waals surface area contributed by atoms with Gasteiger partial charge < -0.3 is 27.5 Å². The minimum absolute atomic E-state index is 0.165. The maximum absolute atomic E-state index is 13.7. The third kappa shape index (κ3) is 14.0. The molecule has 0 saturated heterocycles. The molecule has 0 unspecified atom stereocenters. The molecule has 4 heterocycles. The lowest BCUT2D eigenvalue weighted by Gasteiger charge is -2.42. The van der Waals surface area contributed by atoms with Crippen molar-refractivity contribution in [2.75, 3.05) is 39.9 Å². The van der Waals surface area contributed by atoms with Crippen molar-refractivity contribution in [2.24, 2.45) is 0 Å². The largest absolute Gasteiger partial charge is 0.416 e. The Kier molecular flexibility index (Phi) is 21.3. The molecule has 2 aromatic carbocycles. The average Bonchev–Trinajstić information content (AvgIpc) is 3.89. The van der Waals surface area contributed by atoms with Crippen LogP contribution in [0.5, 0.6) is 0 Å². The van der Waals surface area contributed by atoms with Crippen LogP contribution in [0.3, 0.4) is 0 Å². The molecule has 0 aliphatic carbocycles. The topological polar surface area (TPSA) is 192 Å². The zero-order valence-electron chi connectivity index (χ0n) is 47.1. The Morgan fingerprint density at radius 3 is 1.05 bits per heavy atom. The molecule has 6 aromatic rings. The Balaban J connectivity index is 0.000000281. The molecule has 0 saturated carbocycles. The monoisotopic (exact) mass is 1120 g/mol. The van der Waals surface area contributed by atoms with Crippen LogP contribution in [0.4, 0.5) is 8.78 Å². The highest BCUT2D eigenvalue weighted by Crippen LogP contribution is 2.44. The van der Waals surface area contributed by atoms with E-state index in [1.165, 1.54) is 36.7 Å². The van der Waals surface area contributed by atoms with Gasteiger partial charge >= 0.3 is 0 Å². The standard InChI is InChI=1S/2C27H39FN4O4SSi/c2*1-18(2)38(19(3)4,20(5)6)36-16-14-24-31-25(21-9-11-22(28)12-10-21)26(32(24)17-35-7)23-13-15-29-27(30-23)37(8,33)34/h2*9-13,15,18-20H,14,16-17H2,1-8H3. The first-order valence-corrected chi connectivity index (χ1v) is 33.7. The van der Waals surface area contributed by atoms with Crippen molar-refractivity contribution in [3.05, 3.63) is 96.3 Å². The van der Waals surface area contributed by atoms with Gasteiger partial charge in [-0.2, -0.15) is 0 Å². The lowest BCUT2D eigenvalue weighted by molar-refractivity contribution is 0.128. The highest BCUT2D eigenvalue weighted by atomic mass is 32.2. The minimum Gasteiger partial charge on any atom is -0.416 e. The fraction of sp³-hybridized carbons (Fsp3) is 0.519. The molecule has 416 valence electrons. The smallest absolute Gasteiger partial charge is 0.247 e. The van der Waals surface area contributed by atoms with Crippen LogP contribution in [0.15, 0.2) is 83.4 Å². The van der Waals surface area contributed by atoms with Gasteiger partial charge in [-0.05, 0) is 93.9 Å². The molecule has 0 aliphatic heterocycles. The van der Waals surface area contributed by atoms with Gasteiger partial charge in [-0.25, -0.2) is 55.5 Å². The van der Waals surface area contributed by atoms with Gasteiger partial charge in [-0.1, -0.05) is 83.1 Å². The molecule has 4 aromatic heterocycles. The van der Waals surface area contributed by atoms with E-state index in [0.29, 0.717) is 116 Å². The first-order chi connectivity index (χ1) is 35.6. The first kappa shape index (κ1) is 61.9. The molecule has 0 bridgehead atoms. The zero-order valence-corrected chi connectivity index (χ0v) is 50.7. The second-order valence-electron chi connectivity index (χ2n) is 21.0. The molecule has 0 aliphatic rings. The summed E-state index contributed by atoms with van der Waals surface area (Å²) < 4.78 is 105. The Hall–Kier alpha value is -4.95. The summed E-state index contributed by atoms with van der Waals surface area (Å²) in [6.45, 7) is 28.3. The molecular weight excluding hydrogens is 1050 g/mol. The van der Waals surface area contributed by atoms with Crippen molar-refractivity contribution in [3.63, 3.8) is 0 Å². The van der Waals surface area contributed by atoms with Crippen molar-refractivity contribution in [1.82, 2.24) is 39.0 Å². The van der Waals surface area contributed by atoms with Crippen molar-refractivity contribution >= 4 is 36.3 Å². The van der Waals surface area contributed by atoms with Crippen LogP contribution in [-0.2, 0) is 64.3 Å². The first-order valence-electron chi connectivity index (χ1n) is 25.7. The number of aromatic nitrogens is 8. The van der Waals surface area contributed by atoms with E-state index in [2.05, 4.69) is 103 Å². The van der Waals surface area contributed by atoms with Crippen LogP contribution < -0.4 is 0 Å². The van der Waals surface area contributed by atoms with E-state index >= 15 is 0 Å². The predicted octanol–water partition coefficient (Wildman–Crippen LogP) is 11.8. The SMILES string of the molecule is COCn1c(CCO[Si](C(C)C)(C(C)C)C(C)C)nc(-c2ccc(F)cc2)c1-c1ccnc(S(C)(=O)=O)n1.COCn1c(CCO[Si](C(C)C)(C(C)C)C(C)C)nc(-c2ccc(F)cc2)c1-c1ccnc(S(C)(=O)=O)n1. The zero-order chi connectivity index (χ0) is 56.5. The van der Waals surface area contributed by atoms with E-state index < -0.39 is 36.3 Å². The summed E-state index contributed by atoms with van der Waals surface area (Å²) in [5.41, 5.74) is 7.03. The fourth-order valence-electron chi connectivity index (χ4n) is 11.0. The number of hydrogen-bond acceptors (Lipinski definition) is 14. The normalized spacial score (nSPS) is 12.7. The number of nitrogens with zero attached hydrogens (tertiary/aromatic N) is 8. The lowest BCUT2D eigenvalue weighted by atomic mass is 10.1. The number of imidazole rings is 2. The highest BCUT2D eigenvalue weighted by Gasteiger charge is 2.46. The summed E-state index contributed by atoms with van der Waals surface area (Å²) in [4.78, 5) is 26.4. The lowest BCUT2D eigenvalue weighted by Crippen LogP contribution is -2.48. The number of ether oxygens (including phenoxy) is 2. The molecule has 0 atom stereocenters. The van der Waals surface area contributed by atoms with Gasteiger partial charge in [0.05, 0.1) is 34.2 Å². The summed E-state index contributed by atoms with van der Waals surface area (Å²) in [5.74, 6) is 0.692. The van der Waals surface area contributed by atoms with Gasteiger partial charge in [0.15, 0.2) is 16.6 Å². The maximum atomic E-state index is 13.7. The Bertz CT molecular complexity index is 2850. The van der Waals surface area contributed by atoms with Crippen LogP contribution in [-0.4, -0.2) is 112 Å². The van der Waals surface area contributed by atoms with Crippen LogP contribution in [0.2, 0.25) is 33.2 Å². The quantitative estimate of drug-likeness (QED) is 0.0410. The second kappa shape index (κ2) is 26.1. The van der Waals surface area contributed by atoms with Crippen molar-refractivity contribution in [1.29, 1.82) is 0 Å². The maximum Gasteiger partial charge on any atom is 0.247 e. The summed E-state index contributed by atoms with van der Waals surface area (Å²) >= 11 is 0. The molecule has 0 amide bonds. The van der Waals surface area contributed by atoms with E-state index in [0.717, 1.165) is 12.5 Å². The number of sulfone groups is 2. The minimum atomic E-state index is -3.64. The van der Waals surface area contributed by atoms with Crippen LogP contribution >= 0.6 is 0 Å². The van der Waals surface area contributed by atoms with Gasteiger partial charge in [0.2, 0.25) is 30.0 Å². The number of methoxy groups -OCH3 is 2. The van der Waals surface area contributed by atoms with Crippen molar-refractivity contribution < 1.29 is 43.9 Å². The number of hydrogen-bond donors (Lipinski definition) is 0. The number of benzene rings is 2. The average molecular weight is 1130 g/mol. The third-order valence-corrected chi connectivity index (χ3v) is 28.0. The van der Waals surface area contributed by atoms with Gasteiger partial charge in [0.25, 0.3) is 0 Å². The molecule has 22 heteroatoms. The number of halogens is 2. The molecule has 16 nitrogen and oxygen atoms in total. The summed E-state index contributed by atoms with van der Waals surface area (Å²) in [7, 11) is -8.28. The number of rotatable bonds is 24. The Morgan fingerprint density at radius 1 is 0.487 bits per heavy atom. The van der Waals surface area contributed by atoms with E-state index in [4.69, 9.17) is 28.3 Å². The molecular formula is C54H78F2N8O8S2Si2. The summed E-state index contributed by atoms with van der Waals surface area (Å²) in [5, 5.41) is -0.562. The van der Waals surface area contributed by atoms with Crippen LogP contribution in [0.1, 0.15) is 94.7 Å². The van der Waals surface area contributed by atoms with Gasteiger partial charge in [-0.15, -0.1) is 0 Å². The third-order valence-electron chi connectivity index (χ3n) is 14.0. The van der Waals surface area contributed by atoms with Crippen LogP contribution in [0.25, 0.3) is 45.3 Å². The second-order valence-corrected chi connectivity index (χ2v) is 35.7. The highest BCUT2D eigenvalue weighted by molar-refractivity contribution is 7.90. The molecule has 6 rings (SSSR count). The van der Waals surface area contributed by atoms with E-state index in [-0.39, 0.29) is 35.4 Å². The molecule has 0 spiro atoms. The molecule has 76 heavy (non-hydrogen) atoms. The van der Waals surface area contributed by atoms with Gasteiger partial charge in [0, 0.05) is 76.3 Å².